The van der Waals surface area contributed by atoms with Gasteiger partial charge in [0.05, 0.1) is 4.47 Å². The van der Waals surface area contributed by atoms with Gasteiger partial charge < -0.3 is 15.0 Å². The molecule has 2 amide bonds. The van der Waals surface area contributed by atoms with Crippen molar-refractivity contribution in [2.24, 2.45) is 0 Å². The smallest absolute Gasteiger partial charge is 0.261 e. The molecule has 0 radical (unpaired) electrons. The number of hydrogen-bond donors (Lipinski definition) is 1. The first-order chi connectivity index (χ1) is 19.6. The predicted octanol–water partition coefficient (Wildman–Crippen LogP) is 7.98. The lowest BCUT2D eigenvalue weighted by Gasteiger charge is -2.33. The highest BCUT2D eigenvalue weighted by Gasteiger charge is 2.32. The van der Waals surface area contributed by atoms with Crippen LogP contribution in [-0.2, 0) is 28.0 Å². The van der Waals surface area contributed by atoms with Crippen LogP contribution in [0.4, 0.5) is 0 Å². The van der Waals surface area contributed by atoms with Crippen LogP contribution in [0.5, 0.6) is 5.75 Å². The number of rotatable bonds is 10. The van der Waals surface area contributed by atoms with Gasteiger partial charge in [0, 0.05) is 23.5 Å². The minimum absolute atomic E-state index is 0.00526. The van der Waals surface area contributed by atoms with E-state index in [-0.39, 0.29) is 29.9 Å². The topological polar surface area (TPSA) is 58.6 Å². The third-order valence-corrected chi connectivity index (χ3v) is 8.79. The van der Waals surface area contributed by atoms with E-state index in [9.17, 15) is 9.59 Å². The molecule has 0 saturated heterocycles. The second kappa shape index (κ2) is 14.5. The molecule has 1 fully saturated rings. The Labute approximate surface area is 261 Å². The largest absolute Gasteiger partial charge is 0.483 e. The molecule has 1 aliphatic carbocycles. The zero-order valence-electron chi connectivity index (χ0n) is 24.2. The molecule has 0 unspecified atom stereocenters. The monoisotopic (exact) mass is 682 g/mol. The predicted molar refractivity (Wildman–Crippen MR) is 172 cm³/mol. The Kier molecular flexibility index (Phi) is 11.1. The molecular formula is C34H40Br2N2O3. The quantitative estimate of drug-likeness (QED) is 0.236. The maximum absolute atomic E-state index is 14.0. The van der Waals surface area contributed by atoms with Crippen LogP contribution in [0.15, 0.2) is 81.7 Å². The number of hydrogen-bond acceptors (Lipinski definition) is 3. The van der Waals surface area contributed by atoms with Crippen molar-refractivity contribution < 1.29 is 14.3 Å². The average molecular weight is 685 g/mol. The van der Waals surface area contributed by atoms with Crippen LogP contribution in [0.2, 0.25) is 0 Å². The van der Waals surface area contributed by atoms with Crippen molar-refractivity contribution in [3.63, 3.8) is 0 Å². The summed E-state index contributed by atoms with van der Waals surface area (Å²) in [5, 5.41) is 3.28. The Balaban J connectivity index is 1.60. The first-order valence-electron chi connectivity index (χ1n) is 14.4. The van der Waals surface area contributed by atoms with Gasteiger partial charge in [-0.15, -0.1) is 0 Å². The van der Waals surface area contributed by atoms with E-state index in [1.54, 1.807) is 4.90 Å². The molecule has 7 heteroatoms. The molecular weight excluding hydrogens is 644 g/mol. The molecule has 41 heavy (non-hydrogen) atoms. The SMILES string of the molecule is CC(C)(C)c1ccc(OCC(=O)N(Cc2ccc(Br)cc2)[C@@H](Cc2ccccc2)C(=O)NC2CCCCC2)c(Br)c1. The van der Waals surface area contributed by atoms with E-state index < -0.39 is 6.04 Å². The van der Waals surface area contributed by atoms with Crippen molar-refractivity contribution in [1.29, 1.82) is 0 Å². The van der Waals surface area contributed by atoms with Crippen molar-refractivity contribution in [2.75, 3.05) is 6.61 Å². The lowest BCUT2D eigenvalue weighted by Crippen LogP contribution is -2.53. The van der Waals surface area contributed by atoms with Crippen LogP contribution in [0.3, 0.4) is 0 Å². The van der Waals surface area contributed by atoms with Crippen molar-refractivity contribution in [3.8, 4) is 5.75 Å². The molecule has 0 spiro atoms. The van der Waals surface area contributed by atoms with Gasteiger partial charge >= 0.3 is 0 Å². The van der Waals surface area contributed by atoms with Crippen molar-refractivity contribution in [1.82, 2.24) is 10.2 Å². The van der Waals surface area contributed by atoms with Gasteiger partial charge in [-0.1, -0.05) is 104 Å². The first-order valence-corrected chi connectivity index (χ1v) is 16.0. The molecule has 0 heterocycles. The van der Waals surface area contributed by atoms with Gasteiger partial charge in [-0.3, -0.25) is 9.59 Å². The van der Waals surface area contributed by atoms with Gasteiger partial charge in [-0.25, -0.2) is 0 Å². The normalized spacial score (nSPS) is 14.8. The fraction of sp³-hybridized carbons (Fsp3) is 0.412. The summed E-state index contributed by atoms with van der Waals surface area (Å²) in [5.74, 6) is 0.252. The first kappa shape index (κ1) is 31.3. The minimum Gasteiger partial charge on any atom is -0.483 e. The molecule has 0 bridgehead atoms. The summed E-state index contributed by atoms with van der Waals surface area (Å²) in [5.41, 5.74) is 3.11. The van der Waals surface area contributed by atoms with Crippen LogP contribution in [-0.4, -0.2) is 35.4 Å². The van der Waals surface area contributed by atoms with Gasteiger partial charge in [0.1, 0.15) is 11.8 Å². The number of nitrogens with one attached hydrogen (secondary N) is 1. The standard InChI is InChI=1S/C34H40Br2N2O3/c1-34(2,3)26-16-19-31(29(36)21-26)41-23-32(39)38(22-25-14-17-27(35)18-15-25)30(20-24-10-6-4-7-11-24)33(40)37-28-12-8-5-9-13-28/h4,6-7,10-11,14-19,21,28,30H,5,8-9,12-13,20,22-23H2,1-3H3,(H,37,40)/t30-/m0/s1. The van der Waals surface area contributed by atoms with E-state index in [0.29, 0.717) is 18.7 Å². The Morgan fingerprint density at radius 1 is 0.927 bits per heavy atom. The van der Waals surface area contributed by atoms with E-state index in [2.05, 4.69) is 57.9 Å². The summed E-state index contributed by atoms with van der Waals surface area (Å²) < 4.78 is 7.82. The van der Waals surface area contributed by atoms with Crippen LogP contribution in [0.1, 0.15) is 69.6 Å². The van der Waals surface area contributed by atoms with Crippen molar-refractivity contribution in [2.45, 2.75) is 83.3 Å². The average Bonchev–Trinajstić information content (AvgIpc) is 2.95. The maximum Gasteiger partial charge on any atom is 0.261 e. The summed E-state index contributed by atoms with van der Waals surface area (Å²) in [6, 6.07) is 23.2. The number of benzene rings is 3. The highest BCUT2D eigenvalue weighted by atomic mass is 79.9. The van der Waals surface area contributed by atoms with Crippen LogP contribution >= 0.6 is 31.9 Å². The molecule has 1 atom stereocenters. The number of ether oxygens (including phenoxy) is 1. The van der Waals surface area contributed by atoms with Crippen molar-refractivity contribution >= 4 is 43.7 Å². The van der Waals surface area contributed by atoms with E-state index in [1.807, 2.05) is 72.8 Å². The third-order valence-electron chi connectivity index (χ3n) is 7.64. The molecule has 218 valence electrons. The Morgan fingerprint density at radius 2 is 1.61 bits per heavy atom. The van der Waals surface area contributed by atoms with Gasteiger partial charge in [0.2, 0.25) is 5.91 Å². The molecule has 3 aromatic carbocycles. The van der Waals surface area contributed by atoms with E-state index in [4.69, 9.17) is 4.74 Å². The van der Waals surface area contributed by atoms with Crippen LogP contribution < -0.4 is 10.1 Å². The minimum atomic E-state index is -0.675. The van der Waals surface area contributed by atoms with E-state index in [1.165, 1.54) is 12.0 Å². The van der Waals surface area contributed by atoms with Gasteiger partial charge in [0.25, 0.3) is 5.91 Å². The van der Waals surface area contributed by atoms with Gasteiger partial charge in [-0.2, -0.15) is 0 Å². The second-order valence-corrected chi connectivity index (χ2v) is 13.7. The van der Waals surface area contributed by atoms with Gasteiger partial charge in [-0.05, 0) is 75.1 Å². The summed E-state index contributed by atoms with van der Waals surface area (Å²) in [6.07, 6.45) is 5.82. The van der Waals surface area contributed by atoms with Crippen LogP contribution in [0, 0.1) is 0 Å². The number of carbonyl (C=O) groups excluding carboxylic acids is 2. The molecule has 1 N–H and O–H groups in total. The summed E-state index contributed by atoms with van der Waals surface area (Å²) in [6.45, 7) is 6.60. The third kappa shape index (κ3) is 9.17. The second-order valence-electron chi connectivity index (χ2n) is 11.9. The molecule has 1 saturated carbocycles. The zero-order valence-corrected chi connectivity index (χ0v) is 27.3. The lowest BCUT2D eigenvalue weighted by atomic mass is 9.87. The van der Waals surface area contributed by atoms with E-state index >= 15 is 0 Å². The summed E-state index contributed by atoms with van der Waals surface area (Å²) in [7, 11) is 0. The number of carbonyl (C=O) groups is 2. The highest BCUT2D eigenvalue weighted by Crippen LogP contribution is 2.31. The summed E-state index contributed by atoms with van der Waals surface area (Å²) >= 11 is 7.12. The zero-order chi connectivity index (χ0) is 29.4. The lowest BCUT2D eigenvalue weighted by molar-refractivity contribution is -0.143. The molecule has 3 aromatic rings. The van der Waals surface area contributed by atoms with Crippen molar-refractivity contribution in [3.05, 3.63) is 98.4 Å². The van der Waals surface area contributed by atoms with E-state index in [0.717, 1.165) is 45.8 Å². The Hall–Kier alpha value is -2.64. The molecule has 5 nitrogen and oxygen atoms in total. The molecule has 0 aliphatic heterocycles. The maximum atomic E-state index is 14.0. The fourth-order valence-electron chi connectivity index (χ4n) is 5.19. The Bertz CT molecular complexity index is 1300. The van der Waals surface area contributed by atoms with Crippen LogP contribution in [0.25, 0.3) is 0 Å². The molecule has 4 rings (SSSR count). The highest BCUT2D eigenvalue weighted by molar-refractivity contribution is 9.10. The number of amides is 2. The fourth-order valence-corrected chi connectivity index (χ4v) is 5.95. The summed E-state index contributed by atoms with van der Waals surface area (Å²) in [4.78, 5) is 29.5. The molecule has 1 aliphatic rings. The van der Waals surface area contributed by atoms with Gasteiger partial charge in [0.15, 0.2) is 6.61 Å². The number of nitrogens with zero attached hydrogens (tertiary/aromatic N) is 1. The molecule has 0 aromatic heterocycles. The number of halogens is 2. The Morgan fingerprint density at radius 3 is 2.24 bits per heavy atom.